The molecule has 4 nitrogen and oxygen atoms in total. The summed E-state index contributed by atoms with van der Waals surface area (Å²) in [5.41, 5.74) is 5.14. The topological polar surface area (TPSA) is 63.4 Å². The molecule has 17 heavy (non-hydrogen) atoms. The van der Waals surface area contributed by atoms with E-state index < -0.39 is 15.4 Å². The average molecular weight is 262 g/mol. The van der Waals surface area contributed by atoms with Gasteiger partial charge in [0.1, 0.15) is 0 Å². The molecule has 0 aliphatic carbocycles. The van der Waals surface area contributed by atoms with E-state index in [1.54, 1.807) is 13.8 Å². The smallest absolute Gasteiger partial charge is 0.152 e. The normalized spacial score (nSPS) is 23.9. The number of sulfone groups is 1. The van der Waals surface area contributed by atoms with Crippen LogP contribution in [0.2, 0.25) is 0 Å². The van der Waals surface area contributed by atoms with Gasteiger partial charge in [0.05, 0.1) is 11.5 Å². The first-order valence-electron chi connectivity index (χ1n) is 6.39. The molecule has 1 saturated heterocycles. The maximum absolute atomic E-state index is 11.9. The molecular formula is C12H26N2O2S. The first-order valence-corrected chi connectivity index (χ1v) is 8.21. The highest BCUT2D eigenvalue weighted by Crippen LogP contribution is 2.19. The Kier molecular flexibility index (Phi) is 4.98. The highest BCUT2D eigenvalue weighted by molar-refractivity contribution is 7.91. The van der Waals surface area contributed by atoms with Gasteiger partial charge in [-0.15, -0.1) is 0 Å². The SMILES string of the molecule is CN1CCCCC1CCS(=O)(=O)CC(C)(C)N. The van der Waals surface area contributed by atoms with E-state index in [2.05, 4.69) is 11.9 Å². The Labute approximate surface area is 105 Å². The Hall–Kier alpha value is -0.130. The Balaban J connectivity index is 2.44. The van der Waals surface area contributed by atoms with E-state index in [4.69, 9.17) is 5.73 Å². The van der Waals surface area contributed by atoms with Crippen LogP contribution in [0.1, 0.15) is 39.5 Å². The maximum atomic E-state index is 11.9. The van der Waals surface area contributed by atoms with E-state index in [-0.39, 0.29) is 11.5 Å². The lowest BCUT2D eigenvalue weighted by Crippen LogP contribution is -2.42. The zero-order valence-corrected chi connectivity index (χ0v) is 12.1. The van der Waals surface area contributed by atoms with Gasteiger partial charge in [-0.05, 0) is 46.7 Å². The monoisotopic (exact) mass is 262 g/mol. The fourth-order valence-electron chi connectivity index (χ4n) is 2.46. The molecule has 0 radical (unpaired) electrons. The van der Waals surface area contributed by atoms with Gasteiger partial charge in [-0.3, -0.25) is 0 Å². The predicted molar refractivity (Wildman–Crippen MR) is 71.8 cm³/mol. The van der Waals surface area contributed by atoms with E-state index in [0.29, 0.717) is 6.04 Å². The van der Waals surface area contributed by atoms with Gasteiger partial charge in [-0.25, -0.2) is 8.42 Å². The van der Waals surface area contributed by atoms with Crippen LogP contribution >= 0.6 is 0 Å². The van der Waals surface area contributed by atoms with Gasteiger partial charge in [-0.1, -0.05) is 6.42 Å². The molecule has 1 unspecified atom stereocenters. The molecule has 1 atom stereocenters. The van der Waals surface area contributed by atoms with Gasteiger partial charge < -0.3 is 10.6 Å². The average Bonchev–Trinajstić information content (AvgIpc) is 2.13. The van der Waals surface area contributed by atoms with Gasteiger partial charge in [0.25, 0.3) is 0 Å². The number of piperidine rings is 1. The van der Waals surface area contributed by atoms with Crippen molar-refractivity contribution in [1.82, 2.24) is 4.90 Å². The van der Waals surface area contributed by atoms with E-state index in [1.807, 2.05) is 0 Å². The van der Waals surface area contributed by atoms with Crippen molar-refractivity contribution in [2.24, 2.45) is 5.73 Å². The van der Waals surface area contributed by atoms with Crippen molar-refractivity contribution >= 4 is 9.84 Å². The first-order chi connectivity index (χ1) is 7.70. The molecule has 1 aliphatic rings. The summed E-state index contributed by atoms with van der Waals surface area (Å²) < 4.78 is 23.8. The van der Waals surface area contributed by atoms with Crippen LogP contribution in [0.15, 0.2) is 0 Å². The Morgan fingerprint density at radius 3 is 2.53 bits per heavy atom. The summed E-state index contributed by atoms with van der Waals surface area (Å²) in [5.74, 6) is 0.346. The number of nitrogens with two attached hydrogens (primary N) is 1. The fourth-order valence-corrected chi connectivity index (χ4v) is 4.37. The van der Waals surface area contributed by atoms with Crippen molar-refractivity contribution in [3.05, 3.63) is 0 Å². The second-order valence-corrected chi connectivity index (χ2v) is 8.18. The molecule has 5 heteroatoms. The van der Waals surface area contributed by atoms with Crippen molar-refractivity contribution in [3.63, 3.8) is 0 Å². The van der Waals surface area contributed by atoms with Crippen LogP contribution in [0.4, 0.5) is 0 Å². The summed E-state index contributed by atoms with van der Waals surface area (Å²) in [6.45, 7) is 4.61. The fraction of sp³-hybridized carbons (Fsp3) is 1.00. The van der Waals surface area contributed by atoms with Crippen LogP contribution in [0, 0.1) is 0 Å². The number of likely N-dealkylation sites (tertiary alicyclic amines) is 1. The molecular weight excluding hydrogens is 236 g/mol. The Morgan fingerprint density at radius 2 is 2.00 bits per heavy atom. The minimum Gasteiger partial charge on any atom is -0.325 e. The summed E-state index contributed by atoms with van der Waals surface area (Å²) in [6, 6.07) is 0.430. The standard InChI is InChI=1S/C12H26N2O2S/c1-12(2,13)10-17(15,16)9-7-11-6-4-5-8-14(11)3/h11H,4-10,13H2,1-3H3. The molecule has 0 aromatic heterocycles. The largest absolute Gasteiger partial charge is 0.325 e. The van der Waals surface area contributed by atoms with Gasteiger partial charge in [0.15, 0.2) is 9.84 Å². The summed E-state index contributed by atoms with van der Waals surface area (Å²) >= 11 is 0. The summed E-state index contributed by atoms with van der Waals surface area (Å²) in [6.07, 6.45) is 4.32. The van der Waals surface area contributed by atoms with Crippen molar-refractivity contribution < 1.29 is 8.42 Å². The van der Waals surface area contributed by atoms with Gasteiger partial charge >= 0.3 is 0 Å². The molecule has 1 fully saturated rings. The number of rotatable bonds is 5. The third-order valence-corrected chi connectivity index (χ3v) is 5.32. The van der Waals surface area contributed by atoms with Gasteiger partial charge in [0.2, 0.25) is 0 Å². The molecule has 0 amide bonds. The molecule has 0 spiro atoms. The number of nitrogens with zero attached hydrogens (tertiary/aromatic N) is 1. The van der Waals surface area contributed by atoms with Crippen LogP contribution in [-0.4, -0.2) is 50.0 Å². The van der Waals surface area contributed by atoms with Crippen molar-refractivity contribution in [2.45, 2.75) is 51.1 Å². The zero-order chi connectivity index (χ0) is 13.1. The molecule has 102 valence electrons. The summed E-state index contributed by atoms with van der Waals surface area (Å²) in [5, 5.41) is 0. The van der Waals surface area contributed by atoms with Crippen LogP contribution in [0.25, 0.3) is 0 Å². The van der Waals surface area contributed by atoms with Crippen molar-refractivity contribution in [3.8, 4) is 0 Å². The lowest BCUT2D eigenvalue weighted by molar-refractivity contribution is 0.181. The van der Waals surface area contributed by atoms with E-state index in [9.17, 15) is 8.42 Å². The first kappa shape index (κ1) is 14.9. The maximum Gasteiger partial charge on any atom is 0.152 e. The van der Waals surface area contributed by atoms with E-state index in [1.165, 1.54) is 12.8 Å². The minimum atomic E-state index is -3.01. The molecule has 0 aromatic carbocycles. The van der Waals surface area contributed by atoms with Crippen molar-refractivity contribution in [1.29, 1.82) is 0 Å². The zero-order valence-electron chi connectivity index (χ0n) is 11.3. The van der Waals surface area contributed by atoms with Crippen LogP contribution in [-0.2, 0) is 9.84 Å². The van der Waals surface area contributed by atoms with Crippen molar-refractivity contribution in [2.75, 3.05) is 25.1 Å². The number of hydrogen-bond acceptors (Lipinski definition) is 4. The van der Waals surface area contributed by atoms with E-state index in [0.717, 1.165) is 19.4 Å². The molecule has 1 aliphatic heterocycles. The van der Waals surface area contributed by atoms with Gasteiger partial charge in [-0.2, -0.15) is 0 Å². The molecule has 2 N–H and O–H groups in total. The lowest BCUT2D eigenvalue weighted by Gasteiger charge is -2.32. The van der Waals surface area contributed by atoms with E-state index >= 15 is 0 Å². The molecule has 0 saturated carbocycles. The second kappa shape index (κ2) is 5.67. The summed E-state index contributed by atoms with van der Waals surface area (Å²) in [4.78, 5) is 2.28. The molecule has 1 rings (SSSR count). The lowest BCUT2D eigenvalue weighted by atomic mass is 10.0. The quantitative estimate of drug-likeness (QED) is 0.803. The highest BCUT2D eigenvalue weighted by atomic mass is 32.2. The minimum absolute atomic E-state index is 0.0798. The predicted octanol–water partition coefficient (Wildman–Crippen LogP) is 1.01. The second-order valence-electron chi connectivity index (χ2n) is 6.00. The Morgan fingerprint density at radius 1 is 1.35 bits per heavy atom. The Bertz CT molecular complexity index is 333. The van der Waals surface area contributed by atoms with Crippen LogP contribution in [0.5, 0.6) is 0 Å². The molecule has 1 heterocycles. The third kappa shape index (κ3) is 5.84. The number of hydrogen-bond donors (Lipinski definition) is 1. The highest BCUT2D eigenvalue weighted by Gasteiger charge is 2.25. The van der Waals surface area contributed by atoms with Crippen LogP contribution in [0.3, 0.4) is 0 Å². The third-order valence-electron chi connectivity index (χ3n) is 3.28. The summed E-state index contributed by atoms with van der Waals surface area (Å²) in [7, 11) is -0.927. The van der Waals surface area contributed by atoms with Gasteiger partial charge in [0, 0.05) is 11.6 Å². The molecule has 0 aromatic rings. The molecule has 0 bridgehead atoms. The van der Waals surface area contributed by atoms with Crippen LogP contribution < -0.4 is 5.73 Å².